The number of amides is 1. The van der Waals surface area contributed by atoms with Gasteiger partial charge in [0.05, 0.1) is 28.9 Å². The Labute approximate surface area is 168 Å². The number of nitrogens with zero attached hydrogens (tertiary/aromatic N) is 4. The second-order valence-corrected chi connectivity index (χ2v) is 6.86. The molecule has 4 N–H and O–H groups in total. The maximum atomic E-state index is 13.6. The fraction of sp³-hybridized carbons (Fsp3) is 0.250. The van der Waals surface area contributed by atoms with Gasteiger partial charge in [-0.25, -0.2) is 9.67 Å². The number of hydrogen-bond acceptors (Lipinski definition) is 6. The topological polar surface area (TPSA) is 161 Å². The molecule has 3 aromatic rings. The summed E-state index contributed by atoms with van der Waals surface area (Å²) >= 11 is 0. The smallest absolute Gasteiger partial charge is 0.370 e. The molecule has 0 radical (unpaired) electrons. The number of aryl methyl sites for hydroxylation is 2. The minimum Gasteiger partial charge on any atom is -0.370 e. The Hall–Kier alpha value is -3.10. The molecule has 0 spiro atoms. The molecule has 1 amide bonds. The van der Waals surface area contributed by atoms with E-state index in [1.165, 1.54) is 24.0 Å². The van der Waals surface area contributed by atoms with Gasteiger partial charge in [0.15, 0.2) is 5.65 Å². The molecule has 30 heavy (non-hydrogen) atoms. The van der Waals surface area contributed by atoms with Gasteiger partial charge in [-0.2, -0.15) is 26.7 Å². The van der Waals surface area contributed by atoms with Crippen LogP contribution in [0, 0.1) is 6.92 Å². The summed E-state index contributed by atoms with van der Waals surface area (Å²) in [6.45, 7) is 1.53. The Bertz CT molecular complexity index is 1160. The number of primary amides is 1. The molecule has 0 bridgehead atoms. The summed E-state index contributed by atoms with van der Waals surface area (Å²) in [4.78, 5) is 19.2. The van der Waals surface area contributed by atoms with Crippen LogP contribution in [0.25, 0.3) is 22.3 Å². The summed E-state index contributed by atoms with van der Waals surface area (Å²) in [5.41, 5.74) is 5.14. The molecule has 3 heterocycles. The van der Waals surface area contributed by atoms with Crippen LogP contribution in [-0.4, -0.2) is 43.2 Å². The predicted octanol–water partition coefficient (Wildman–Crippen LogP) is 2.04. The van der Waals surface area contributed by atoms with Crippen molar-refractivity contribution < 1.29 is 35.5 Å². The average molecular weight is 447 g/mol. The standard InChI is InChI=1S/C16H14F3N5O.H2O4S/c1-9-14-11(16(17,18)19)7-12(10-3-2-5-21-8-10)22-15(14)24(23-9)6-4-13(20)25;1-5(2,3)4/h2-3,5,7-8H,4,6H2,1H3,(H2,20,25);(H2,1,2,3,4). The van der Waals surface area contributed by atoms with Gasteiger partial charge in [0.25, 0.3) is 0 Å². The monoisotopic (exact) mass is 447 g/mol. The van der Waals surface area contributed by atoms with Crippen LogP contribution in [0.5, 0.6) is 0 Å². The number of carbonyl (C=O) groups is 1. The van der Waals surface area contributed by atoms with Crippen LogP contribution in [0.3, 0.4) is 0 Å². The van der Waals surface area contributed by atoms with E-state index in [1.54, 1.807) is 12.1 Å². The lowest BCUT2D eigenvalue weighted by molar-refractivity contribution is -0.136. The first kappa shape index (κ1) is 23.2. The first-order chi connectivity index (χ1) is 13.8. The van der Waals surface area contributed by atoms with Gasteiger partial charge in [0.1, 0.15) is 0 Å². The number of nitrogens with two attached hydrogens (primary N) is 1. The highest BCUT2D eigenvalue weighted by Gasteiger charge is 2.35. The highest BCUT2D eigenvalue weighted by Crippen LogP contribution is 2.38. The lowest BCUT2D eigenvalue weighted by atomic mass is 10.1. The van der Waals surface area contributed by atoms with Gasteiger partial charge in [-0.05, 0) is 25.1 Å². The molecular weight excluding hydrogens is 431 g/mol. The zero-order valence-corrected chi connectivity index (χ0v) is 16.1. The lowest BCUT2D eigenvalue weighted by Gasteiger charge is -2.11. The third-order valence-corrected chi connectivity index (χ3v) is 3.71. The zero-order chi connectivity index (χ0) is 22.7. The Morgan fingerprint density at radius 3 is 2.43 bits per heavy atom. The van der Waals surface area contributed by atoms with Crippen molar-refractivity contribution in [2.45, 2.75) is 26.1 Å². The van der Waals surface area contributed by atoms with Crippen molar-refractivity contribution >= 4 is 27.3 Å². The van der Waals surface area contributed by atoms with Gasteiger partial charge in [-0.15, -0.1) is 0 Å². The number of fused-ring (bicyclic) bond motifs is 1. The molecular formula is C16H16F3N5O5S. The van der Waals surface area contributed by atoms with E-state index >= 15 is 0 Å². The number of carbonyl (C=O) groups excluding carboxylic acids is 1. The van der Waals surface area contributed by atoms with Crippen molar-refractivity contribution in [2.24, 2.45) is 5.73 Å². The van der Waals surface area contributed by atoms with Crippen LogP contribution < -0.4 is 5.73 Å². The molecule has 0 saturated heterocycles. The predicted molar refractivity (Wildman–Crippen MR) is 98.5 cm³/mol. The quantitative estimate of drug-likeness (QED) is 0.512. The molecule has 3 rings (SSSR count). The summed E-state index contributed by atoms with van der Waals surface area (Å²) in [5, 5.41) is 4.02. The maximum Gasteiger partial charge on any atom is 0.417 e. The van der Waals surface area contributed by atoms with E-state index < -0.39 is 28.0 Å². The summed E-state index contributed by atoms with van der Waals surface area (Å²) in [7, 11) is -4.67. The average Bonchev–Trinajstić information content (AvgIpc) is 2.94. The van der Waals surface area contributed by atoms with Gasteiger partial charge in [0, 0.05) is 24.4 Å². The Morgan fingerprint density at radius 2 is 1.93 bits per heavy atom. The largest absolute Gasteiger partial charge is 0.417 e. The maximum absolute atomic E-state index is 13.6. The number of alkyl halides is 3. The molecule has 0 aliphatic heterocycles. The number of aromatic nitrogens is 4. The molecule has 14 heteroatoms. The molecule has 3 aromatic heterocycles. The molecule has 0 aliphatic carbocycles. The summed E-state index contributed by atoms with van der Waals surface area (Å²) < 4.78 is 73.6. The van der Waals surface area contributed by atoms with Crippen LogP contribution in [0.1, 0.15) is 17.7 Å². The summed E-state index contributed by atoms with van der Waals surface area (Å²) in [5.74, 6) is -0.569. The van der Waals surface area contributed by atoms with Crippen molar-refractivity contribution in [1.82, 2.24) is 19.7 Å². The summed E-state index contributed by atoms with van der Waals surface area (Å²) in [6.07, 6.45) is -1.66. The normalized spacial score (nSPS) is 11.8. The van der Waals surface area contributed by atoms with Gasteiger partial charge in [0.2, 0.25) is 5.91 Å². The van der Waals surface area contributed by atoms with Gasteiger partial charge >= 0.3 is 16.6 Å². The third-order valence-electron chi connectivity index (χ3n) is 3.71. The molecule has 0 aliphatic rings. The second kappa shape index (κ2) is 8.73. The first-order valence-electron chi connectivity index (χ1n) is 8.11. The number of rotatable bonds is 4. The van der Waals surface area contributed by atoms with E-state index in [2.05, 4.69) is 15.1 Å². The molecule has 0 saturated carbocycles. The Balaban J connectivity index is 0.000000575. The van der Waals surface area contributed by atoms with Crippen LogP contribution in [-0.2, 0) is 27.9 Å². The zero-order valence-electron chi connectivity index (χ0n) is 15.3. The van der Waals surface area contributed by atoms with Crippen molar-refractivity contribution in [1.29, 1.82) is 0 Å². The van der Waals surface area contributed by atoms with Crippen molar-refractivity contribution in [3.63, 3.8) is 0 Å². The van der Waals surface area contributed by atoms with Crippen LogP contribution >= 0.6 is 0 Å². The number of hydrogen-bond donors (Lipinski definition) is 3. The van der Waals surface area contributed by atoms with E-state index in [1.807, 2.05) is 0 Å². The lowest BCUT2D eigenvalue weighted by Crippen LogP contribution is -2.15. The number of pyridine rings is 2. The minimum absolute atomic E-state index is 0.0453. The van der Waals surface area contributed by atoms with E-state index in [4.69, 9.17) is 23.3 Å². The fourth-order valence-electron chi connectivity index (χ4n) is 2.61. The molecule has 0 fully saturated rings. The van der Waals surface area contributed by atoms with E-state index in [9.17, 15) is 18.0 Å². The Morgan fingerprint density at radius 1 is 1.30 bits per heavy atom. The second-order valence-electron chi connectivity index (χ2n) is 5.97. The van der Waals surface area contributed by atoms with Crippen molar-refractivity contribution in [3.8, 4) is 11.3 Å². The molecule has 0 atom stereocenters. The van der Waals surface area contributed by atoms with Gasteiger partial charge in [-0.1, -0.05) is 0 Å². The fourth-order valence-corrected chi connectivity index (χ4v) is 2.61. The van der Waals surface area contributed by atoms with E-state index in [0.29, 0.717) is 5.56 Å². The third kappa shape index (κ3) is 6.20. The molecule has 162 valence electrons. The SMILES string of the molecule is Cc1nn(CCC(N)=O)c2nc(-c3cccnc3)cc(C(F)(F)F)c12.O=S(=O)(O)O. The van der Waals surface area contributed by atoms with Gasteiger partial charge < -0.3 is 5.73 Å². The minimum atomic E-state index is -4.67. The van der Waals surface area contributed by atoms with Crippen molar-refractivity contribution in [2.75, 3.05) is 0 Å². The van der Waals surface area contributed by atoms with E-state index in [0.717, 1.165) is 6.07 Å². The van der Waals surface area contributed by atoms with Crippen LogP contribution in [0.15, 0.2) is 30.6 Å². The van der Waals surface area contributed by atoms with Crippen LogP contribution in [0.4, 0.5) is 13.2 Å². The Kier molecular flexibility index (Phi) is 6.74. The van der Waals surface area contributed by atoms with Crippen LogP contribution in [0.2, 0.25) is 0 Å². The summed E-state index contributed by atoms with van der Waals surface area (Å²) in [6, 6.07) is 4.23. The molecule has 10 nitrogen and oxygen atoms in total. The molecule has 0 aromatic carbocycles. The molecule has 0 unspecified atom stereocenters. The van der Waals surface area contributed by atoms with E-state index in [-0.39, 0.29) is 35.4 Å². The first-order valence-corrected chi connectivity index (χ1v) is 9.51. The van der Waals surface area contributed by atoms with Crippen molar-refractivity contribution in [3.05, 3.63) is 41.9 Å². The highest BCUT2D eigenvalue weighted by molar-refractivity contribution is 7.79. The highest BCUT2D eigenvalue weighted by atomic mass is 32.3. The van der Waals surface area contributed by atoms with Gasteiger partial charge in [-0.3, -0.25) is 18.9 Å². The number of halogens is 3.